The zero-order valence-corrected chi connectivity index (χ0v) is 19.8. The summed E-state index contributed by atoms with van der Waals surface area (Å²) in [5.74, 6) is 0.413. The van der Waals surface area contributed by atoms with Gasteiger partial charge < -0.3 is 14.2 Å². The van der Waals surface area contributed by atoms with Crippen LogP contribution in [0.2, 0.25) is 0 Å². The first kappa shape index (κ1) is 25.3. The number of carbonyl (C=O) groups excluding carboxylic acids is 1. The van der Waals surface area contributed by atoms with Crippen molar-refractivity contribution in [3.05, 3.63) is 102 Å². The maximum absolute atomic E-state index is 11.7. The van der Waals surface area contributed by atoms with Crippen molar-refractivity contribution in [1.29, 1.82) is 5.26 Å². The minimum Gasteiger partial charge on any atom is -0.489 e. The lowest BCUT2D eigenvalue weighted by atomic mass is 9.97. The first-order valence-corrected chi connectivity index (χ1v) is 11.2. The van der Waals surface area contributed by atoms with E-state index in [1.807, 2.05) is 54.6 Å². The zero-order chi connectivity index (χ0) is 24.9. The van der Waals surface area contributed by atoms with Gasteiger partial charge in [-0.2, -0.15) is 5.26 Å². The van der Waals surface area contributed by atoms with Gasteiger partial charge in [-0.3, -0.25) is 15.1 Å². The molecule has 0 saturated carbocycles. The molecule has 0 bridgehead atoms. The van der Waals surface area contributed by atoms with Crippen LogP contribution in [0.4, 0.5) is 0 Å². The Morgan fingerprint density at radius 2 is 1.69 bits per heavy atom. The fourth-order valence-corrected chi connectivity index (χ4v) is 3.26. The van der Waals surface area contributed by atoms with Crippen LogP contribution in [-0.2, 0) is 21.0 Å². The SMILES string of the molecule is CCOC(=O)CC(C#N)c1ccc(OCc2ccc(OC=C(NOC)c3ccccc3)cc2)cc1. The highest BCUT2D eigenvalue weighted by atomic mass is 16.6. The maximum atomic E-state index is 11.7. The van der Waals surface area contributed by atoms with Gasteiger partial charge in [0.1, 0.15) is 30.1 Å². The van der Waals surface area contributed by atoms with E-state index < -0.39 is 5.92 Å². The van der Waals surface area contributed by atoms with Crippen LogP contribution < -0.4 is 15.0 Å². The van der Waals surface area contributed by atoms with Crippen molar-refractivity contribution in [3.8, 4) is 17.6 Å². The third-order valence-corrected chi connectivity index (χ3v) is 5.05. The van der Waals surface area contributed by atoms with Crippen molar-refractivity contribution in [2.45, 2.75) is 25.9 Å². The molecular weight excluding hydrogens is 444 g/mol. The largest absolute Gasteiger partial charge is 0.489 e. The minimum atomic E-state index is -0.550. The molecule has 0 radical (unpaired) electrons. The molecule has 0 aromatic heterocycles. The molecule has 7 nitrogen and oxygen atoms in total. The molecule has 0 spiro atoms. The van der Waals surface area contributed by atoms with Crippen molar-refractivity contribution >= 4 is 11.7 Å². The van der Waals surface area contributed by atoms with Crippen LogP contribution >= 0.6 is 0 Å². The lowest BCUT2D eigenvalue weighted by Crippen LogP contribution is -2.11. The number of ether oxygens (including phenoxy) is 3. The summed E-state index contributed by atoms with van der Waals surface area (Å²) < 4.78 is 16.6. The molecule has 1 N–H and O–H groups in total. The smallest absolute Gasteiger partial charge is 0.307 e. The number of esters is 1. The van der Waals surface area contributed by atoms with E-state index >= 15 is 0 Å². The fraction of sp³-hybridized carbons (Fsp3) is 0.214. The Balaban J connectivity index is 1.54. The van der Waals surface area contributed by atoms with Crippen molar-refractivity contribution in [1.82, 2.24) is 5.48 Å². The molecule has 7 heteroatoms. The van der Waals surface area contributed by atoms with Gasteiger partial charge in [0.2, 0.25) is 0 Å². The van der Waals surface area contributed by atoms with Gasteiger partial charge in [0.25, 0.3) is 0 Å². The van der Waals surface area contributed by atoms with E-state index in [0.717, 1.165) is 16.7 Å². The van der Waals surface area contributed by atoms with Gasteiger partial charge in [0.15, 0.2) is 0 Å². The van der Waals surface area contributed by atoms with E-state index in [-0.39, 0.29) is 12.4 Å². The van der Waals surface area contributed by atoms with Crippen LogP contribution in [0.5, 0.6) is 11.5 Å². The summed E-state index contributed by atoms with van der Waals surface area (Å²) in [7, 11) is 1.55. The quantitative estimate of drug-likeness (QED) is 0.216. The number of nitrogens with one attached hydrogen (secondary N) is 1. The average molecular weight is 473 g/mol. The Morgan fingerprint density at radius 3 is 2.31 bits per heavy atom. The van der Waals surface area contributed by atoms with Gasteiger partial charge in [-0.25, -0.2) is 0 Å². The first-order valence-electron chi connectivity index (χ1n) is 11.2. The number of rotatable bonds is 12. The molecule has 0 aliphatic rings. The van der Waals surface area contributed by atoms with Crippen LogP contribution in [0.3, 0.4) is 0 Å². The predicted octanol–water partition coefficient (Wildman–Crippen LogP) is 5.35. The highest BCUT2D eigenvalue weighted by molar-refractivity contribution is 5.71. The topological polar surface area (TPSA) is 89.8 Å². The van der Waals surface area contributed by atoms with Gasteiger partial charge in [-0.15, -0.1) is 0 Å². The van der Waals surface area contributed by atoms with Crippen LogP contribution in [0.15, 0.2) is 85.1 Å². The number of hydroxylamine groups is 1. The molecule has 0 saturated heterocycles. The molecular formula is C28H28N2O5. The molecule has 0 amide bonds. The molecule has 1 atom stereocenters. The Labute approximate surface area is 205 Å². The van der Waals surface area contributed by atoms with E-state index in [9.17, 15) is 10.1 Å². The van der Waals surface area contributed by atoms with E-state index in [0.29, 0.717) is 30.4 Å². The van der Waals surface area contributed by atoms with Crippen LogP contribution in [0.25, 0.3) is 5.70 Å². The lowest BCUT2D eigenvalue weighted by molar-refractivity contribution is -0.143. The molecule has 0 fully saturated rings. The molecule has 0 aliphatic carbocycles. The molecule has 3 aromatic rings. The summed E-state index contributed by atoms with van der Waals surface area (Å²) in [5, 5.41) is 9.38. The first-order chi connectivity index (χ1) is 17.1. The second-order valence-electron chi connectivity index (χ2n) is 7.51. The van der Waals surface area contributed by atoms with Gasteiger partial charge in [0, 0.05) is 5.56 Å². The molecule has 1 unspecified atom stereocenters. The van der Waals surface area contributed by atoms with Gasteiger partial charge in [-0.1, -0.05) is 54.6 Å². The van der Waals surface area contributed by atoms with Gasteiger partial charge >= 0.3 is 5.97 Å². The summed E-state index contributed by atoms with van der Waals surface area (Å²) in [5.41, 5.74) is 6.18. The molecule has 0 aliphatic heterocycles. The van der Waals surface area contributed by atoms with Crippen molar-refractivity contribution in [3.63, 3.8) is 0 Å². The standard InChI is InChI=1S/C28H28N2O5/c1-3-33-28(31)17-24(18-29)22-11-15-26(16-12-22)34-19-21-9-13-25(14-10-21)35-20-27(30-32-2)23-7-5-4-6-8-23/h4-16,20,24,30H,3,17,19H2,1-2H3. The second-order valence-corrected chi connectivity index (χ2v) is 7.51. The van der Waals surface area contributed by atoms with E-state index in [4.69, 9.17) is 19.0 Å². The highest BCUT2D eigenvalue weighted by Crippen LogP contribution is 2.23. The normalized spacial score (nSPS) is 11.7. The Bertz CT molecular complexity index is 1140. The number of hydrogen-bond acceptors (Lipinski definition) is 7. The lowest BCUT2D eigenvalue weighted by Gasteiger charge is -2.11. The Morgan fingerprint density at radius 1 is 1.00 bits per heavy atom. The van der Waals surface area contributed by atoms with Crippen molar-refractivity contribution in [2.24, 2.45) is 0 Å². The minimum absolute atomic E-state index is 0.0303. The van der Waals surface area contributed by atoms with Crippen molar-refractivity contribution in [2.75, 3.05) is 13.7 Å². The molecule has 0 heterocycles. The highest BCUT2D eigenvalue weighted by Gasteiger charge is 2.16. The van der Waals surface area contributed by atoms with Gasteiger partial charge in [0.05, 0.1) is 32.1 Å². The summed E-state index contributed by atoms with van der Waals surface area (Å²) in [4.78, 5) is 16.7. The summed E-state index contributed by atoms with van der Waals surface area (Å²) in [6.07, 6.45) is 1.63. The summed E-state index contributed by atoms with van der Waals surface area (Å²) in [6, 6.07) is 26.6. The molecule has 35 heavy (non-hydrogen) atoms. The third-order valence-electron chi connectivity index (χ3n) is 5.05. The Kier molecular flexibility index (Phi) is 9.73. The zero-order valence-electron chi connectivity index (χ0n) is 19.8. The maximum Gasteiger partial charge on any atom is 0.307 e. The number of hydrogen-bond donors (Lipinski definition) is 1. The second kappa shape index (κ2) is 13.4. The number of carbonyl (C=O) groups is 1. The van der Waals surface area contributed by atoms with Crippen molar-refractivity contribution < 1.29 is 23.8 Å². The van der Waals surface area contributed by atoms with E-state index in [1.54, 1.807) is 44.6 Å². The fourth-order valence-electron chi connectivity index (χ4n) is 3.26. The van der Waals surface area contributed by atoms with E-state index in [2.05, 4.69) is 11.5 Å². The van der Waals surface area contributed by atoms with Crippen LogP contribution in [0, 0.1) is 11.3 Å². The number of benzene rings is 3. The summed E-state index contributed by atoms with van der Waals surface area (Å²) >= 11 is 0. The third kappa shape index (κ3) is 7.91. The predicted molar refractivity (Wildman–Crippen MR) is 132 cm³/mol. The van der Waals surface area contributed by atoms with Gasteiger partial charge in [-0.05, 0) is 42.3 Å². The Hall–Kier alpha value is -4.28. The van der Waals surface area contributed by atoms with Crippen LogP contribution in [-0.4, -0.2) is 19.7 Å². The summed E-state index contributed by atoms with van der Waals surface area (Å²) in [6.45, 7) is 2.42. The molecule has 3 aromatic carbocycles. The molecule has 3 rings (SSSR count). The number of nitriles is 1. The van der Waals surface area contributed by atoms with Crippen LogP contribution in [0.1, 0.15) is 36.0 Å². The molecule has 180 valence electrons. The monoisotopic (exact) mass is 472 g/mol. The number of nitrogens with zero attached hydrogens (tertiary/aromatic N) is 1. The van der Waals surface area contributed by atoms with E-state index in [1.165, 1.54) is 0 Å². The average Bonchev–Trinajstić information content (AvgIpc) is 2.90.